The van der Waals surface area contributed by atoms with Crippen molar-refractivity contribution >= 4 is 21.7 Å². The summed E-state index contributed by atoms with van der Waals surface area (Å²) >= 11 is 0. The Morgan fingerprint density at radius 3 is 2.38 bits per heavy atom. The zero-order chi connectivity index (χ0) is 21.6. The molecule has 0 spiro atoms. The van der Waals surface area contributed by atoms with Crippen LogP contribution in [-0.2, 0) is 30.6 Å². The molecular formula is C19H25F2NO6S. The predicted molar refractivity (Wildman–Crippen MR) is 101 cm³/mol. The van der Waals surface area contributed by atoms with Crippen molar-refractivity contribution in [2.75, 3.05) is 24.7 Å². The van der Waals surface area contributed by atoms with Gasteiger partial charge in [0.15, 0.2) is 16.4 Å². The van der Waals surface area contributed by atoms with Crippen molar-refractivity contribution in [2.45, 2.75) is 39.3 Å². The Morgan fingerprint density at radius 2 is 1.86 bits per heavy atom. The highest BCUT2D eigenvalue weighted by Crippen LogP contribution is 2.20. The van der Waals surface area contributed by atoms with E-state index in [9.17, 15) is 26.8 Å². The van der Waals surface area contributed by atoms with Gasteiger partial charge in [-0.1, -0.05) is 26.0 Å². The van der Waals surface area contributed by atoms with Gasteiger partial charge < -0.3 is 14.4 Å². The number of nitrogens with zero attached hydrogens (tertiary/aromatic N) is 1. The molecule has 1 aromatic carbocycles. The van der Waals surface area contributed by atoms with Crippen molar-refractivity contribution in [1.29, 1.82) is 0 Å². The van der Waals surface area contributed by atoms with Gasteiger partial charge in [0.05, 0.1) is 17.9 Å². The third-order valence-corrected chi connectivity index (χ3v) is 6.14. The van der Waals surface area contributed by atoms with Gasteiger partial charge >= 0.3 is 12.6 Å². The van der Waals surface area contributed by atoms with E-state index < -0.39 is 41.0 Å². The quantitative estimate of drug-likeness (QED) is 0.554. The Labute approximate surface area is 168 Å². The van der Waals surface area contributed by atoms with Crippen molar-refractivity contribution in [3.8, 4) is 5.75 Å². The van der Waals surface area contributed by atoms with Crippen LogP contribution in [0.1, 0.15) is 25.8 Å². The van der Waals surface area contributed by atoms with E-state index in [2.05, 4.69) is 4.74 Å². The molecule has 0 N–H and O–H groups in total. The van der Waals surface area contributed by atoms with E-state index in [4.69, 9.17) is 4.74 Å². The SMILES string of the molecule is CC(C)CN(C(=O)COC(=O)Cc1ccc(OC(F)F)cc1)C1CCS(=O)(=O)C1. The van der Waals surface area contributed by atoms with Gasteiger partial charge in [0.2, 0.25) is 0 Å². The zero-order valence-electron chi connectivity index (χ0n) is 16.3. The molecule has 1 amide bonds. The standard InChI is InChI=1S/C19H25F2NO6S/c1-13(2)10-22(15-7-8-29(25,26)12-15)17(23)11-27-18(24)9-14-3-5-16(6-4-14)28-19(20)21/h3-6,13,15,19H,7-12H2,1-2H3. The van der Waals surface area contributed by atoms with E-state index in [1.54, 1.807) is 0 Å². The van der Waals surface area contributed by atoms with Crippen LogP contribution < -0.4 is 4.74 Å². The van der Waals surface area contributed by atoms with Crippen molar-refractivity contribution < 1.29 is 36.3 Å². The number of ether oxygens (including phenoxy) is 2. The van der Waals surface area contributed by atoms with Gasteiger partial charge in [0.25, 0.3) is 5.91 Å². The van der Waals surface area contributed by atoms with Gasteiger partial charge in [-0.2, -0.15) is 8.78 Å². The Hall–Kier alpha value is -2.23. The molecule has 1 saturated heterocycles. The smallest absolute Gasteiger partial charge is 0.387 e. The normalized spacial score (nSPS) is 18.1. The minimum absolute atomic E-state index is 0.0249. The maximum atomic E-state index is 12.5. The first-order valence-electron chi connectivity index (χ1n) is 9.25. The number of benzene rings is 1. The highest BCUT2D eigenvalue weighted by Gasteiger charge is 2.35. The first-order chi connectivity index (χ1) is 13.6. The number of esters is 1. The fourth-order valence-corrected chi connectivity index (χ4v) is 4.83. The molecule has 0 bridgehead atoms. The molecule has 1 fully saturated rings. The third kappa shape index (κ3) is 7.60. The lowest BCUT2D eigenvalue weighted by Gasteiger charge is -2.29. The van der Waals surface area contributed by atoms with Crippen LogP contribution >= 0.6 is 0 Å². The molecule has 1 aliphatic heterocycles. The van der Waals surface area contributed by atoms with Gasteiger partial charge in [-0.25, -0.2) is 8.42 Å². The van der Waals surface area contributed by atoms with Crippen LogP contribution in [0, 0.1) is 5.92 Å². The van der Waals surface area contributed by atoms with Gasteiger partial charge in [0.1, 0.15) is 5.75 Å². The minimum Gasteiger partial charge on any atom is -0.455 e. The van der Waals surface area contributed by atoms with E-state index in [0.29, 0.717) is 18.5 Å². The van der Waals surface area contributed by atoms with Crippen LogP contribution in [0.25, 0.3) is 0 Å². The maximum Gasteiger partial charge on any atom is 0.387 e. The molecule has 0 radical (unpaired) electrons. The summed E-state index contributed by atoms with van der Waals surface area (Å²) in [5.41, 5.74) is 0.519. The topological polar surface area (TPSA) is 90.0 Å². The number of sulfone groups is 1. The van der Waals surface area contributed by atoms with Crippen molar-refractivity contribution in [3.05, 3.63) is 29.8 Å². The lowest BCUT2D eigenvalue weighted by atomic mass is 10.1. The Morgan fingerprint density at radius 1 is 1.21 bits per heavy atom. The van der Waals surface area contributed by atoms with E-state index in [1.165, 1.54) is 29.2 Å². The molecule has 10 heteroatoms. The van der Waals surface area contributed by atoms with E-state index in [0.717, 1.165) is 0 Å². The van der Waals surface area contributed by atoms with Crippen molar-refractivity contribution in [1.82, 2.24) is 4.90 Å². The first-order valence-corrected chi connectivity index (χ1v) is 11.1. The molecule has 0 aromatic heterocycles. The predicted octanol–water partition coefficient (Wildman–Crippen LogP) is 2.05. The molecule has 162 valence electrons. The second-order valence-electron chi connectivity index (χ2n) is 7.36. The molecule has 1 unspecified atom stereocenters. The first kappa shape index (κ1) is 23.1. The van der Waals surface area contributed by atoms with E-state index in [1.807, 2.05) is 13.8 Å². The largest absolute Gasteiger partial charge is 0.455 e. The van der Waals surface area contributed by atoms with E-state index >= 15 is 0 Å². The van der Waals surface area contributed by atoms with Gasteiger partial charge in [-0.05, 0) is 30.0 Å². The average molecular weight is 433 g/mol. The van der Waals surface area contributed by atoms with Gasteiger partial charge in [-0.3, -0.25) is 9.59 Å². The van der Waals surface area contributed by atoms with Crippen molar-refractivity contribution in [2.24, 2.45) is 5.92 Å². The van der Waals surface area contributed by atoms with Gasteiger partial charge in [-0.15, -0.1) is 0 Å². The second-order valence-corrected chi connectivity index (χ2v) is 9.59. The molecule has 0 saturated carbocycles. The Bertz CT molecular complexity index is 810. The summed E-state index contributed by atoms with van der Waals surface area (Å²) in [6, 6.07) is 5.12. The third-order valence-electron chi connectivity index (χ3n) is 4.38. The van der Waals surface area contributed by atoms with E-state index in [-0.39, 0.29) is 29.6 Å². The number of hydrogen-bond acceptors (Lipinski definition) is 6. The molecule has 2 rings (SSSR count). The lowest BCUT2D eigenvalue weighted by Crippen LogP contribution is -2.45. The van der Waals surface area contributed by atoms with Crippen LogP contribution in [0.3, 0.4) is 0 Å². The summed E-state index contributed by atoms with van der Waals surface area (Å²) in [7, 11) is -3.15. The number of rotatable bonds is 9. The molecule has 1 aliphatic rings. The lowest BCUT2D eigenvalue weighted by molar-refractivity contribution is -0.152. The fourth-order valence-electron chi connectivity index (χ4n) is 3.10. The minimum atomic E-state index is -3.15. The summed E-state index contributed by atoms with van der Waals surface area (Å²) in [6.07, 6.45) is 0.242. The van der Waals surface area contributed by atoms with Crippen LogP contribution in [-0.4, -0.2) is 62.5 Å². The highest BCUT2D eigenvalue weighted by atomic mass is 32.2. The Kier molecular flexibility index (Phi) is 7.95. The maximum absolute atomic E-state index is 12.5. The molecule has 1 heterocycles. The Balaban J connectivity index is 1.89. The van der Waals surface area contributed by atoms with Crippen molar-refractivity contribution in [3.63, 3.8) is 0 Å². The molecule has 29 heavy (non-hydrogen) atoms. The number of alkyl halides is 2. The number of hydrogen-bond donors (Lipinski definition) is 0. The summed E-state index contributed by atoms with van der Waals surface area (Å²) in [4.78, 5) is 26.0. The molecule has 7 nitrogen and oxygen atoms in total. The monoisotopic (exact) mass is 433 g/mol. The number of carbonyl (C=O) groups is 2. The second kappa shape index (κ2) is 10.00. The molecular weight excluding hydrogens is 408 g/mol. The molecule has 0 aliphatic carbocycles. The van der Waals surface area contributed by atoms with Crippen LogP contribution in [0.2, 0.25) is 0 Å². The average Bonchev–Trinajstić information content (AvgIpc) is 2.98. The molecule has 1 atom stereocenters. The van der Waals surface area contributed by atoms with Crippen LogP contribution in [0.15, 0.2) is 24.3 Å². The van der Waals surface area contributed by atoms with Gasteiger partial charge in [0, 0.05) is 12.6 Å². The summed E-state index contributed by atoms with van der Waals surface area (Å²) in [5.74, 6) is -1.01. The van der Waals surface area contributed by atoms with Crippen LogP contribution in [0.5, 0.6) is 5.75 Å². The fraction of sp³-hybridized carbons (Fsp3) is 0.579. The summed E-state index contributed by atoms with van der Waals surface area (Å²) < 4.78 is 57.0. The zero-order valence-corrected chi connectivity index (χ0v) is 17.2. The summed E-state index contributed by atoms with van der Waals surface area (Å²) in [6.45, 7) is 0.797. The molecule has 1 aromatic rings. The number of amides is 1. The summed E-state index contributed by atoms with van der Waals surface area (Å²) in [5, 5.41) is 0. The highest BCUT2D eigenvalue weighted by molar-refractivity contribution is 7.91. The number of halogens is 2. The van der Waals surface area contributed by atoms with Crippen LogP contribution in [0.4, 0.5) is 8.78 Å². The number of carbonyl (C=O) groups excluding carboxylic acids is 2.